The van der Waals surface area contributed by atoms with Gasteiger partial charge in [-0.3, -0.25) is 9.59 Å². The van der Waals surface area contributed by atoms with Crippen LogP contribution in [0.1, 0.15) is 31.8 Å². The van der Waals surface area contributed by atoms with Crippen LogP contribution in [0.25, 0.3) is 12.2 Å². The summed E-state index contributed by atoms with van der Waals surface area (Å²) >= 11 is 0. The molecule has 0 aliphatic heterocycles. The van der Waals surface area contributed by atoms with E-state index in [1.807, 2.05) is 24.3 Å². The number of ether oxygens (including phenoxy) is 6. The van der Waals surface area contributed by atoms with Crippen molar-refractivity contribution in [3.8, 4) is 34.5 Å². The summed E-state index contributed by atoms with van der Waals surface area (Å²) < 4.78 is 31.9. The standard InChI is InChI=1S/C30H30O8/c1-33-21-15-25(35-3)29(26(16-21)36-4)23(31)13-11-19-7-9-20(10-8-19)12-14-24(32)30-27(37-5)17-22(34-2)18-28(30)38-6/h7-18H,1-6H3/b13-11+,14-12+. The number of allylic oxidation sites excluding steroid dienone is 2. The highest BCUT2D eigenvalue weighted by atomic mass is 16.5. The van der Waals surface area contributed by atoms with E-state index in [1.54, 1.807) is 36.4 Å². The molecule has 198 valence electrons. The molecule has 0 aliphatic rings. The third kappa shape index (κ3) is 6.34. The quantitative estimate of drug-likeness (QED) is 0.228. The van der Waals surface area contributed by atoms with Crippen LogP contribution in [0.2, 0.25) is 0 Å². The molecule has 0 atom stereocenters. The van der Waals surface area contributed by atoms with Gasteiger partial charge in [-0.05, 0) is 23.3 Å². The molecular formula is C30H30O8. The SMILES string of the molecule is COc1cc(OC)c(C(=O)/C=C/c2ccc(/C=C/C(=O)c3c(OC)cc(OC)cc3OC)cc2)c(OC)c1. The van der Waals surface area contributed by atoms with Crippen LogP contribution in [0.15, 0.2) is 60.7 Å². The van der Waals surface area contributed by atoms with Crippen LogP contribution in [0.5, 0.6) is 34.5 Å². The van der Waals surface area contributed by atoms with E-state index >= 15 is 0 Å². The van der Waals surface area contributed by atoms with Gasteiger partial charge in [-0.2, -0.15) is 0 Å². The predicted octanol–water partition coefficient (Wildman–Crippen LogP) is 5.53. The molecule has 0 fully saturated rings. The minimum Gasteiger partial charge on any atom is -0.496 e. The second kappa shape index (κ2) is 13.0. The van der Waals surface area contributed by atoms with Crippen molar-refractivity contribution in [2.75, 3.05) is 42.7 Å². The Bertz CT molecular complexity index is 1200. The molecule has 0 N–H and O–H groups in total. The van der Waals surface area contributed by atoms with Gasteiger partial charge in [0, 0.05) is 24.3 Å². The molecule has 0 bridgehead atoms. The van der Waals surface area contributed by atoms with Crippen LogP contribution in [-0.2, 0) is 0 Å². The monoisotopic (exact) mass is 518 g/mol. The molecule has 0 saturated carbocycles. The smallest absolute Gasteiger partial charge is 0.193 e. The lowest BCUT2D eigenvalue weighted by Gasteiger charge is -2.13. The molecule has 0 aliphatic carbocycles. The van der Waals surface area contributed by atoms with Gasteiger partial charge in [-0.1, -0.05) is 36.4 Å². The zero-order valence-corrected chi connectivity index (χ0v) is 22.2. The fraction of sp³-hybridized carbons (Fsp3) is 0.200. The van der Waals surface area contributed by atoms with Crippen LogP contribution in [0.4, 0.5) is 0 Å². The number of carbonyl (C=O) groups excluding carboxylic acids is 2. The fourth-order valence-electron chi connectivity index (χ4n) is 3.73. The van der Waals surface area contributed by atoms with Gasteiger partial charge in [0.05, 0.1) is 42.7 Å². The van der Waals surface area contributed by atoms with E-state index in [-0.39, 0.29) is 11.6 Å². The number of rotatable bonds is 12. The highest BCUT2D eigenvalue weighted by Crippen LogP contribution is 2.35. The van der Waals surface area contributed by atoms with Crippen molar-refractivity contribution in [1.29, 1.82) is 0 Å². The fourth-order valence-corrected chi connectivity index (χ4v) is 3.73. The molecular weight excluding hydrogens is 488 g/mol. The summed E-state index contributed by atoms with van der Waals surface area (Å²) in [6, 6.07) is 13.9. The maximum absolute atomic E-state index is 12.9. The molecule has 3 aromatic rings. The van der Waals surface area contributed by atoms with E-state index in [0.717, 1.165) is 11.1 Å². The Hall–Kier alpha value is -4.72. The largest absolute Gasteiger partial charge is 0.496 e. The summed E-state index contributed by atoms with van der Waals surface area (Å²) in [5.41, 5.74) is 2.20. The third-order valence-corrected chi connectivity index (χ3v) is 5.71. The molecule has 3 rings (SSSR count). The van der Waals surface area contributed by atoms with Crippen LogP contribution in [0, 0.1) is 0 Å². The Kier molecular flexibility index (Phi) is 9.54. The predicted molar refractivity (Wildman–Crippen MR) is 145 cm³/mol. The van der Waals surface area contributed by atoms with E-state index < -0.39 is 0 Å². The normalized spacial score (nSPS) is 10.9. The number of hydrogen-bond donors (Lipinski definition) is 0. The highest BCUT2D eigenvalue weighted by Gasteiger charge is 2.19. The average molecular weight is 519 g/mol. The van der Waals surface area contributed by atoms with Crippen molar-refractivity contribution in [1.82, 2.24) is 0 Å². The Morgan fingerprint density at radius 2 is 0.789 bits per heavy atom. The number of methoxy groups -OCH3 is 6. The molecule has 0 amide bonds. The van der Waals surface area contributed by atoms with Crippen LogP contribution < -0.4 is 28.4 Å². The van der Waals surface area contributed by atoms with Crippen molar-refractivity contribution in [2.24, 2.45) is 0 Å². The van der Waals surface area contributed by atoms with Gasteiger partial charge < -0.3 is 28.4 Å². The lowest BCUT2D eigenvalue weighted by Crippen LogP contribution is -2.03. The first-order chi connectivity index (χ1) is 18.4. The molecule has 3 aromatic carbocycles. The maximum Gasteiger partial charge on any atom is 0.193 e. The first-order valence-corrected chi connectivity index (χ1v) is 11.5. The molecule has 8 nitrogen and oxygen atoms in total. The number of benzene rings is 3. The van der Waals surface area contributed by atoms with Crippen LogP contribution in [0.3, 0.4) is 0 Å². The highest BCUT2D eigenvalue weighted by molar-refractivity contribution is 6.11. The molecule has 38 heavy (non-hydrogen) atoms. The Morgan fingerprint density at radius 3 is 1.03 bits per heavy atom. The van der Waals surface area contributed by atoms with E-state index in [4.69, 9.17) is 28.4 Å². The van der Waals surface area contributed by atoms with E-state index in [9.17, 15) is 9.59 Å². The summed E-state index contributed by atoms with van der Waals surface area (Å²) in [6.45, 7) is 0. The summed E-state index contributed by atoms with van der Waals surface area (Å²) in [6.07, 6.45) is 6.28. The Morgan fingerprint density at radius 1 is 0.500 bits per heavy atom. The number of ketones is 2. The van der Waals surface area contributed by atoms with Crippen LogP contribution in [-0.4, -0.2) is 54.2 Å². The molecule has 0 aromatic heterocycles. The first kappa shape index (κ1) is 27.9. The van der Waals surface area contributed by atoms with Gasteiger partial charge >= 0.3 is 0 Å². The second-order valence-electron chi connectivity index (χ2n) is 7.88. The van der Waals surface area contributed by atoms with Gasteiger partial charge in [0.25, 0.3) is 0 Å². The van der Waals surface area contributed by atoms with Crippen molar-refractivity contribution in [2.45, 2.75) is 0 Å². The van der Waals surface area contributed by atoms with E-state index in [0.29, 0.717) is 45.6 Å². The van der Waals surface area contributed by atoms with Gasteiger partial charge in [-0.15, -0.1) is 0 Å². The molecule has 0 radical (unpaired) electrons. The minimum absolute atomic E-state index is 0.279. The lowest BCUT2D eigenvalue weighted by molar-refractivity contribution is 0.103. The zero-order chi connectivity index (χ0) is 27.7. The Balaban J connectivity index is 1.78. The third-order valence-electron chi connectivity index (χ3n) is 5.71. The van der Waals surface area contributed by atoms with Crippen LogP contribution >= 0.6 is 0 Å². The van der Waals surface area contributed by atoms with Gasteiger partial charge in [-0.25, -0.2) is 0 Å². The summed E-state index contributed by atoms with van der Waals surface area (Å²) in [5.74, 6) is 1.89. The molecule has 0 spiro atoms. The maximum atomic E-state index is 12.9. The van der Waals surface area contributed by atoms with Crippen molar-refractivity contribution in [3.63, 3.8) is 0 Å². The van der Waals surface area contributed by atoms with Gasteiger partial charge in [0.2, 0.25) is 0 Å². The zero-order valence-electron chi connectivity index (χ0n) is 22.2. The minimum atomic E-state index is -0.279. The van der Waals surface area contributed by atoms with E-state index in [1.165, 1.54) is 54.8 Å². The first-order valence-electron chi connectivity index (χ1n) is 11.5. The topological polar surface area (TPSA) is 89.5 Å². The van der Waals surface area contributed by atoms with Gasteiger partial charge in [0.15, 0.2) is 11.6 Å². The lowest BCUT2D eigenvalue weighted by atomic mass is 10.0. The van der Waals surface area contributed by atoms with Crippen molar-refractivity contribution < 1.29 is 38.0 Å². The summed E-state index contributed by atoms with van der Waals surface area (Å²) in [4.78, 5) is 25.9. The average Bonchev–Trinajstić information content (AvgIpc) is 2.97. The molecule has 0 saturated heterocycles. The van der Waals surface area contributed by atoms with Crippen molar-refractivity contribution >= 4 is 23.7 Å². The molecule has 0 heterocycles. The number of carbonyl (C=O) groups is 2. The van der Waals surface area contributed by atoms with E-state index in [2.05, 4.69) is 0 Å². The number of hydrogen-bond acceptors (Lipinski definition) is 8. The van der Waals surface area contributed by atoms with Crippen molar-refractivity contribution in [3.05, 3.63) is 82.9 Å². The van der Waals surface area contributed by atoms with Gasteiger partial charge in [0.1, 0.15) is 45.6 Å². The Labute approximate surface area is 222 Å². The second-order valence-corrected chi connectivity index (χ2v) is 7.88. The molecule has 8 heteroatoms. The summed E-state index contributed by atoms with van der Waals surface area (Å²) in [5, 5.41) is 0. The molecule has 0 unspecified atom stereocenters. The summed E-state index contributed by atoms with van der Waals surface area (Å²) in [7, 11) is 8.96.